The minimum Gasteiger partial charge on any atom is -0.205 e. The van der Waals surface area contributed by atoms with E-state index in [1.54, 1.807) is 19.1 Å². The van der Waals surface area contributed by atoms with Crippen LogP contribution in [0.3, 0.4) is 0 Å². The third-order valence-electron chi connectivity index (χ3n) is 1.14. The van der Waals surface area contributed by atoms with E-state index < -0.39 is 0 Å². The van der Waals surface area contributed by atoms with Gasteiger partial charge in [0.05, 0.1) is 5.02 Å². The largest absolute Gasteiger partial charge is 0.205 e. The molecule has 0 nitrogen and oxygen atoms in total. The lowest BCUT2D eigenvalue weighted by Gasteiger charge is -1.94. The molecule has 0 fully saturated rings. The molecular weight excluding hydrogens is 187 g/mol. The van der Waals surface area contributed by atoms with E-state index in [2.05, 4.69) is 0 Å². The summed E-state index contributed by atoms with van der Waals surface area (Å²) in [5, 5.41) is 0.190. The van der Waals surface area contributed by atoms with E-state index in [1.165, 1.54) is 6.07 Å². The Morgan fingerprint density at radius 1 is 1.08 bits per heavy atom. The number of rotatable bonds is 0. The van der Waals surface area contributed by atoms with Crippen molar-refractivity contribution in [2.24, 2.45) is 0 Å². The highest BCUT2D eigenvalue weighted by molar-refractivity contribution is 6.30. The molecule has 0 unspecified atom stereocenters. The summed E-state index contributed by atoms with van der Waals surface area (Å²) in [6, 6.07) is 4.94. The van der Waals surface area contributed by atoms with Crippen LogP contribution in [0.4, 0.5) is 4.39 Å². The van der Waals surface area contributed by atoms with E-state index in [1.807, 2.05) is 27.7 Å². The number of hydrogen-bond donors (Lipinski definition) is 0. The zero-order valence-corrected chi connectivity index (χ0v) is 9.74. The lowest BCUT2D eigenvalue weighted by Crippen LogP contribution is -1.80. The third kappa shape index (κ3) is 5.64. The Kier molecular flexibility index (Phi) is 10.9. The van der Waals surface area contributed by atoms with Gasteiger partial charge in [-0.15, -0.1) is 0 Å². The molecule has 0 saturated carbocycles. The highest BCUT2D eigenvalue weighted by Gasteiger charge is 1.98. The summed E-state index contributed by atoms with van der Waals surface area (Å²) >= 11 is 5.44. The monoisotopic (exact) mass is 204 g/mol. The fraction of sp³-hybridized carbons (Fsp3) is 0.455. The van der Waals surface area contributed by atoms with E-state index in [9.17, 15) is 4.39 Å². The molecule has 0 aliphatic carbocycles. The van der Waals surface area contributed by atoms with Gasteiger partial charge in [-0.1, -0.05) is 51.4 Å². The molecule has 0 amide bonds. The fourth-order valence-corrected chi connectivity index (χ4v) is 0.833. The van der Waals surface area contributed by atoms with E-state index >= 15 is 0 Å². The van der Waals surface area contributed by atoms with E-state index in [4.69, 9.17) is 11.6 Å². The summed E-state index contributed by atoms with van der Waals surface area (Å²) in [6.45, 7) is 9.68. The SMILES string of the molecule is CC.CC.Cc1cccc(Cl)c1F. The molecule has 1 aromatic carbocycles. The van der Waals surface area contributed by atoms with Crippen LogP contribution in [0, 0.1) is 12.7 Å². The first kappa shape index (κ1) is 14.9. The van der Waals surface area contributed by atoms with Crippen LogP contribution in [0.2, 0.25) is 5.02 Å². The third-order valence-corrected chi connectivity index (χ3v) is 1.44. The molecule has 0 bridgehead atoms. The number of hydrogen-bond acceptors (Lipinski definition) is 0. The van der Waals surface area contributed by atoms with Gasteiger partial charge in [-0.3, -0.25) is 0 Å². The number of halogens is 2. The minimum absolute atomic E-state index is 0.190. The molecule has 1 rings (SSSR count). The predicted molar refractivity (Wildman–Crippen MR) is 58.8 cm³/mol. The lowest BCUT2D eigenvalue weighted by atomic mass is 10.2. The molecule has 0 aliphatic heterocycles. The molecule has 0 aromatic heterocycles. The van der Waals surface area contributed by atoms with Crippen molar-refractivity contribution in [3.63, 3.8) is 0 Å². The maximum atomic E-state index is 12.6. The predicted octanol–water partition coefficient (Wildman–Crippen LogP) is 4.84. The first-order valence-corrected chi connectivity index (χ1v) is 5.00. The Labute approximate surface area is 85.7 Å². The average molecular weight is 205 g/mol. The van der Waals surface area contributed by atoms with Gasteiger partial charge in [0.2, 0.25) is 0 Å². The molecule has 0 N–H and O–H groups in total. The summed E-state index contributed by atoms with van der Waals surface area (Å²) < 4.78 is 12.6. The molecule has 0 spiro atoms. The highest BCUT2D eigenvalue weighted by atomic mass is 35.5. The first-order chi connectivity index (χ1) is 6.22. The van der Waals surface area contributed by atoms with Gasteiger partial charge in [0, 0.05) is 0 Å². The summed E-state index contributed by atoms with van der Waals surface area (Å²) in [7, 11) is 0. The Hall–Kier alpha value is -0.560. The summed E-state index contributed by atoms with van der Waals surface area (Å²) in [4.78, 5) is 0. The second-order valence-corrected chi connectivity index (χ2v) is 2.28. The zero-order chi connectivity index (χ0) is 10.9. The lowest BCUT2D eigenvalue weighted by molar-refractivity contribution is 0.619. The molecule has 1 aromatic rings. The molecule has 0 saturated heterocycles. The second-order valence-electron chi connectivity index (χ2n) is 1.87. The molecular formula is C11H18ClF. The summed E-state index contributed by atoms with van der Waals surface area (Å²) in [5.74, 6) is -0.320. The van der Waals surface area contributed by atoms with E-state index in [0.29, 0.717) is 5.56 Å². The molecule has 0 radical (unpaired) electrons. The topological polar surface area (TPSA) is 0 Å². The van der Waals surface area contributed by atoms with Crippen LogP contribution in [0.15, 0.2) is 18.2 Å². The van der Waals surface area contributed by atoms with Crippen molar-refractivity contribution in [2.45, 2.75) is 34.6 Å². The van der Waals surface area contributed by atoms with Crippen molar-refractivity contribution in [3.05, 3.63) is 34.6 Å². The van der Waals surface area contributed by atoms with Crippen LogP contribution in [-0.2, 0) is 0 Å². The Morgan fingerprint density at radius 3 is 1.85 bits per heavy atom. The van der Waals surface area contributed by atoms with Gasteiger partial charge in [0.1, 0.15) is 5.82 Å². The van der Waals surface area contributed by atoms with Gasteiger partial charge >= 0.3 is 0 Å². The first-order valence-electron chi connectivity index (χ1n) is 4.62. The van der Waals surface area contributed by atoms with Crippen molar-refractivity contribution in [2.75, 3.05) is 0 Å². The van der Waals surface area contributed by atoms with E-state index in [-0.39, 0.29) is 10.8 Å². The van der Waals surface area contributed by atoms with Crippen molar-refractivity contribution >= 4 is 11.6 Å². The van der Waals surface area contributed by atoms with Crippen molar-refractivity contribution in [1.29, 1.82) is 0 Å². The summed E-state index contributed by atoms with van der Waals surface area (Å²) in [5.41, 5.74) is 0.586. The number of aryl methyl sites for hydroxylation is 1. The van der Waals surface area contributed by atoms with Crippen LogP contribution in [0.25, 0.3) is 0 Å². The van der Waals surface area contributed by atoms with Gasteiger partial charge < -0.3 is 0 Å². The average Bonchev–Trinajstić information content (AvgIpc) is 2.20. The van der Waals surface area contributed by atoms with Gasteiger partial charge in [-0.2, -0.15) is 0 Å². The standard InChI is InChI=1S/C7H6ClF.2C2H6/c1-5-3-2-4-6(8)7(5)9;2*1-2/h2-4H,1H3;2*1-2H3. The second kappa shape index (κ2) is 9.53. The molecule has 2 heteroatoms. The van der Waals surface area contributed by atoms with E-state index in [0.717, 1.165) is 0 Å². The van der Waals surface area contributed by atoms with Crippen LogP contribution >= 0.6 is 11.6 Å². The Bertz CT molecular complexity index is 201. The fourth-order valence-electron chi connectivity index (χ4n) is 0.612. The quantitative estimate of drug-likeness (QED) is 0.567. The Balaban J connectivity index is 0. The van der Waals surface area contributed by atoms with Gasteiger partial charge in [-0.05, 0) is 18.6 Å². The van der Waals surface area contributed by atoms with Crippen molar-refractivity contribution in [1.82, 2.24) is 0 Å². The minimum atomic E-state index is -0.320. The molecule has 0 heterocycles. The van der Waals surface area contributed by atoms with Crippen molar-refractivity contribution < 1.29 is 4.39 Å². The Morgan fingerprint density at radius 2 is 1.54 bits per heavy atom. The summed E-state index contributed by atoms with van der Waals surface area (Å²) in [6.07, 6.45) is 0. The smallest absolute Gasteiger partial charge is 0.144 e. The highest BCUT2D eigenvalue weighted by Crippen LogP contribution is 2.16. The molecule has 0 atom stereocenters. The van der Waals surface area contributed by atoms with Crippen LogP contribution in [0.5, 0.6) is 0 Å². The van der Waals surface area contributed by atoms with Gasteiger partial charge in [0.25, 0.3) is 0 Å². The zero-order valence-electron chi connectivity index (χ0n) is 8.99. The molecule has 76 valence electrons. The maximum Gasteiger partial charge on any atom is 0.144 e. The number of benzene rings is 1. The molecule has 13 heavy (non-hydrogen) atoms. The molecule has 0 aliphatic rings. The van der Waals surface area contributed by atoms with Crippen LogP contribution < -0.4 is 0 Å². The van der Waals surface area contributed by atoms with Gasteiger partial charge in [0.15, 0.2) is 0 Å². The van der Waals surface area contributed by atoms with Crippen LogP contribution in [0.1, 0.15) is 33.3 Å². The van der Waals surface area contributed by atoms with Crippen LogP contribution in [-0.4, -0.2) is 0 Å². The van der Waals surface area contributed by atoms with Gasteiger partial charge in [-0.25, -0.2) is 4.39 Å². The normalized spacial score (nSPS) is 7.62. The van der Waals surface area contributed by atoms with Crippen molar-refractivity contribution in [3.8, 4) is 0 Å². The maximum absolute atomic E-state index is 12.6.